The van der Waals surface area contributed by atoms with Crippen LogP contribution >= 0.6 is 33.4 Å². The van der Waals surface area contributed by atoms with Crippen LogP contribution in [0.3, 0.4) is 0 Å². The molecule has 6 nitrogen and oxygen atoms in total. The van der Waals surface area contributed by atoms with Crippen LogP contribution in [0.5, 0.6) is 0 Å². The Morgan fingerprint density at radius 2 is 1.81 bits per heavy atom. The average Bonchev–Trinajstić information content (AvgIpc) is 3.56. The smallest absolute Gasteiger partial charge is 0.310 e. The molecule has 1 aromatic carbocycles. The Kier molecular flexibility index (Phi) is 4.61. The topological polar surface area (TPSA) is 96.7 Å². The van der Waals surface area contributed by atoms with Gasteiger partial charge < -0.3 is 11.1 Å². The SMILES string of the molecule is N#Cc1nn(-c2c(Cl)cc(S(F)(F)(F)(F)F)cc2Cl)c(NCC2CC2)c1C1(C(N)=O)CC1. The number of hydrogen-bond donors (Lipinski definition) is 2. The molecule has 2 aromatic rings. The average molecular weight is 516 g/mol. The largest absolute Gasteiger partial charge is 0.369 e. The van der Waals surface area contributed by atoms with Gasteiger partial charge in [-0.25, -0.2) is 4.68 Å². The fourth-order valence-corrected chi connectivity index (χ4v) is 5.01. The van der Waals surface area contributed by atoms with Crippen molar-refractivity contribution < 1.29 is 24.2 Å². The van der Waals surface area contributed by atoms with Crippen LogP contribution in [0.4, 0.5) is 25.2 Å². The second kappa shape index (κ2) is 6.42. The molecule has 2 aliphatic rings. The normalized spacial score (nSPS) is 19.6. The summed E-state index contributed by atoms with van der Waals surface area (Å²) in [6.07, 6.45) is 2.60. The summed E-state index contributed by atoms with van der Waals surface area (Å²) in [7, 11) is -10.1. The Balaban J connectivity index is 1.94. The van der Waals surface area contributed by atoms with Crippen LogP contribution in [-0.2, 0) is 10.2 Å². The minimum absolute atomic E-state index is 0.0728. The number of amides is 1. The summed E-state index contributed by atoms with van der Waals surface area (Å²) in [5.74, 6) is -0.243. The molecule has 0 bridgehead atoms. The number of aromatic nitrogens is 2. The van der Waals surface area contributed by atoms with Gasteiger partial charge in [0.05, 0.1) is 15.5 Å². The standard InChI is InChI=1S/C18H16Cl2F5N5OS/c19-11-5-10(32(21,22,23,24)25)6-12(20)15(11)30-16(28-8-9-1-2-9)14(13(7-26)29-30)18(3-4-18)17(27)31/h5-6,9,28H,1-4,8H2,(H2,27,31). The third-order valence-electron chi connectivity index (χ3n) is 5.59. The zero-order valence-electron chi connectivity index (χ0n) is 16.1. The molecule has 2 saturated carbocycles. The molecular formula is C18H16Cl2F5N5OS. The second-order valence-corrected chi connectivity index (χ2v) is 11.3. The fraction of sp³-hybridized carbons (Fsp3) is 0.389. The third kappa shape index (κ3) is 3.97. The number of nitrogens with one attached hydrogen (secondary N) is 1. The number of benzene rings is 1. The van der Waals surface area contributed by atoms with Crippen LogP contribution in [-0.4, -0.2) is 22.2 Å². The van der Waals surface area contributed by atoms with Gasteiger partial charge in [-0.05, 0) is 43.7 Å². The number of carbonyl (C=O) groups is 1. The molecule has 32 heavy (non-hydrogen) atoms. The summed E-state index contributed by atoms with van der Waals surface area (Å²) in [4.78, 5) is 9.90. The first-order valence-corrected chi connectivity index (χ1v) is 12.1. The molecule has 0 spiro atoms. The zero-order chi connectivity index (χ0) is 23.8. The van der Waals surface area contributed by atoms with Crippen molar-refractivity contribution in [2.24, 2.45) is 11.7 Å². The first kappa shape index (κ1) is 22.9. The van der Waals surface area contributed by atoms with E-state index in [0.29, 0.717) is 25.3 Å². The maximum absolute atomic E-state index is 13.3. The van der Waals surface area contributed by atoms with Gasteiger partial charge in [0.25, 0.3) is 0 Å². The van der Waals surface area contributed by atoms with Gasteiger partial charge in [0.15, 0.2) is 5.69 Å². The third-order valence-corrected chi connectivity index (χ3v) is 7.30. The van der Waals surface area contributed by atoms with Crippen LogP contribution in [0.15, 0.2) is 17.0 Å². The lowest BCUT2D eigenvalue weighted by molar-refractivity contribution is -0.120. The van der Waals surface area contributed by atoms with Gasteiger partial charge in [0.2, 0.25) is 5.91 Å². The van der Waals surface area contributed by atoms with E-state index in [2.05, 4.69) is 10.4 Å². The highest BCUT2D eigenvalue weighted by Crippen LogP contribution is 3.02. The highest BCUT2D eigenvalue weighted by Gasteiger charge is 2.65. The Bertz CT molecular complexity index is 1180. The molecule has 2 aliphatic carbocycles. The molecule has 14 heteroatoms. The van der Waals surface area contributed by atoms with Gasteiger partial charge in [0, 0.05) is 12.1 Å². The lowest BCUT2D eigenvalue weighted by Gasteiger charge is -2.40. The van der Waals surface area contributed by atoms with Crippen LogP contribution in [0.1, 0.15) is 36.9 Å². The van der Waals surface area contributed by atoms with E-state index >= 15 is 0 Å². The molecule has 0 atom stereocenters. The van der Waals surface area contributed by atoms with Gasteiger partial charge in [-0.15, -0.1) is 0 Å². The first-order chi connectivity index (χ1) is 14.6. The molecule has 1 heterocycles. The number of nitrogens with two attached hydrogens (primary N) is 1. The van der Waals surface area contributed by atoms with Crippen molar-refractivity contribution >= 4 is 45.2 Å². The molecule has 2 fully saturated rings. The van der Waals surface area contributed by atoms with E-state index in [-0.39, 0.29) is 34.9 Å². The molecular weight excluding hydrogens is 500 g/mol. The maximum Gasteiger partial charge on any atom is 0.310 e. The van der Waals surface area contributed by atoms with Crippen molar-refractivity contribution in [2.45, 2.75) is 36.0 Å². The van der Waals surface area contributed by atoms with E-state index in [1.807, 2.05) is 6.07 Å². The minimum Gasteiger partial charge on any atom is -0.369 e. The summed E-state index contributed by atoms with van der Waals surface area (Å²) in [6, 6.07) is 2.00. The Labute approximate surface area is 189 Å². The number of anilines is 1. The van der Waals surface area contributed by atoms with Gasteiger partial charge in [-0.2, -0.15) is 10.4 Å². The van der Waals surface area contributed by atoms with E-state index in [0.717, 1.165) is 17.5 Å². The predicted octanol–water partition coefficient (Wildman–Crippen LogP) is 6.05. The van der Waals surface area contributed by atoms with Crippen molar-refractivity contribution in [3.8, 4) is 11.8 Å². The zero-order valence-corrected chi connectivity index (χ0v) is 18.5. The van der Waals surface area contributed by atoms with Crippen molar-refractivity contribution in [1.82, 2.24) is 9.78 Å². The summed E-state index contributed by atoms with van der Waals surface area (Å²) >= 11 is 12.0. The van der Waals surface area contributed by atoms with Crippen molar-refractivity contribution in [3.05, 3.63) is 33.4 Å². The summed E-state index contributed by atoms with van der Waals surface area (Å²) < 4.78 is 67.3. The van der Waals surface area contributed by atoms with Crippen LogP contribution in [0.2, 0.25) is 10.0 Å². The van der Waals surface area contributed by atoms with Crippen molar-refractivity contribution in [1.29, 1.82) is 5.26 Å². The monoisotopic (exact) mass is 515 g/mol. The van der Waals surface area contributed by atoms with Crippen LogP contribution in [0.25, 0.3) is 5.69 Å². The lowest BCUT2D eigenvalue weighted by Crippen LogP contribution is -2.30. The molecule has 0 unspecified atom stereocenters. The summed E-state index contributed by atoms with van der Waals surface area (Å²) in [5.41, 5.74) is 4.06. The Hall–Kier alpha value is -2.23. The Morgan fingerprint density at radius 1 is 1.25 bits per heavy atom. The highest BCUT2D eigenvalue weighted by molar-refractivity contribution is 8.45. The molecule has 1 aromatic heterocycles. The van der Waals surface area contributed by atoms with Crippen molar-refractivity contribution in [3.63, 3.8) is 0 Å². The molecule has 174 valence electrons. The first-order valence-electron chi connectivity index (χ1n) is 9.38. The number of nitrogens with zero attached hydrogens (tertiary/aromatic N) is 3. The van der Waals surface area contributed by atoms with Crippen LogP contribution < -0.4 is 11.1 Å². The molecule has 1 amide bonds. The van der Waals surface area contributed by atoms with E-state index in [1.165, 1.54) is 0 Å². The second-order valence-electron chi connectivity index (χ2n) is 8.07. The number of rotatable bonds is 7. The molecule has 0 saturated heterocycles. The predicted molar refractivity (Wildman–Crippen MR) is 111 cm³/mol. The molecule has 4 rings (SSSR count). The fourth-order valence-electron chi connectivity index (χ4n) is 3.55. The highest BCUT2D eigenvalue weighted by atomic mass is 35.5. The van der Waals surface area contributed by atoms with E-state index in [9.17, 15) is 29.5 Å². The summed E-state index contributed by atoms with van der Waals surface area (Å²) in [5, 5.41) is 15.3. The Morgan fingerprint density at radius 3 is 2.22 bits per heavy atom. The van der Waals surface area contributed by atoms with E-state index in [1.54, 1.807) is 0 Å². The van der Waals surface area contributed by atoms with Gasteiger partial charge >= 0.3 is 10.2 Å². The molecule has 0 aliphatic heterocycles. The molecule has 3 N–H and O–H groups in total. The number of primary amides is 1. The van der Waals surface area contributed by atoms with E-state index < -0.39 is 36.5 Å². The minimum atomic E-state index is -10.1. The number of halogens is 7. The molecule has 0 radical (unpaired) electrons. The van der Waals surface area contributed by atoms with Gasteiger partial charge in [-0.3, -0.25) is 4.79 Å². The number of nitriles is 1. The van der Waals surface area contributed by atoms with Gasteiger partial charge in [0.1, 0.15) is 22.5 Å². The van der Waals surface area contributed by atoms with Crippen LogP contribution in [0, 0.1) is 17.2 Å². The summed E-state index contributed by atoms with van der Waals surface area (Å²) in [6.45, 7) is 0.428. The van der Waals surface area contributed by atoms with E-state index in [4.69, 9.17) is 28.9 Å². The van der Waals surface area contributed by atoms with Gasteiger partial charge in [-0.1, -0.05) is 42.6 Å². The van der Waals surface area contributed by atoms with Crippen molar-refractivity contribution in [2.75, 3.05) is 11.9 Å². The lowest BCUT2D eigenvalue weighted by atomic mass is 9.94. The number of hydrogen-bond acceptors (Lipinski definition) is 4. The number of carbonyl (C=O) groups excluding carboxylic acids is 1. The maximum atomic E-state index is 13.3. The quantitative estimate of drug-likeness (QED) is 0.438.